The lowest BCUT2D eigenvalue weighted by Crippen LogP contribution is -2.21. The van der Waals surface area contributed by atoms with Crippen molar-refractivity contribution in [1.82, 2.24) is 5.32 Å². The molecule has 0 heterocycles. The topological polar surface area (TPSA) is 12.0 Å². The number of hydrogen-bond acceptors (Lipinski definition) is 1. The summed E-state index contributed by atoms with van der Waals surface area (Å²) in [5.74, 6) is -1.12. The van der Waals surface area contributed by atoms with Crippen LogP contribution in [0.4, 0.5) is 8.78 Å². The minimum Gasteiger partial charge on any atom is -0.309 e. The van der Waals surface area contributed by atoms with Gasteiger partial charge in [0.25, 0.3) is 0 Å². The first kappa shape index (κ1) is 14.0. The van der Waals surface area contributed by atoms with Gasteiger partial charge in [0.1, 0.15) is 11.6 Å². The van der Waals surface area contributed by atoms with Crippen LogP contribution >= 0.6 is 11.6 Å². The molecule has 4 heteroatoms. The third kappa shape index (κ3) is 2.77. The van der Waals surface area contributed by atoms with Gasteiger partial charge in [0.2, 0.25) is 0 Å². The fourth-order valence-electron chi connectivity index (χ4n) is 2.20. The van der Waals surface area contributed by atoms with E-state index in [2.05, 4.69) is 5.32 Å². The Morgan fingerprint density at radius 2 is 1.74 bits per heavy atom. The van der Waals surface area contributed by atoms with Gasteiger partial charge in [-0.05, 0) is 49.4 Å². The molecule has 0 aromatic heterocycles. The molecule has 2 rings (SSSR count). The Morgan fingerprint density at radius 3 is 2.26 bits per heavy atom. The summed E-state index contributed by atoms with van der Waals surface area (Å²) in [6.45, 7) is 1.87. The Bertz CT molecular complexity index is 578. The zero-order chi connectivity index (χ0) is 14.0. The molecule has 0 aliphatic heterocycles. The lowest BCUT2D eigenvalue weighted by molar-refractivity contribution is 0.521. The minimum atomic E-state index is -0.561. The highest BCUT2D eigenvalue weighted by atomic mass is 35.5. The van der Waals surface area contributed by atoms with E-state index in [4.69, 9.17) is 11.6 Å². The van der Waals surface area contributed by atoms with Gasteiger partial charge < -0.3 is 5.32 Å². The number of nitrogens with one attached hydrogen (secondary N) is 1. The van der Waals surface area contributed by atoms with Gasteiger partial charge in [-0.2, -0.15) is 0 Å². The van der Waals surface area contributed by atoms with E-state index in [1.807, 2.05) is 6.92 Å². The van der Waals surface area contributed by atoms with Crippen molar-refractivity contribution in [3.05, 3.63) is 69.7 Å². The molecule has 1 atom stereocenters. The smallest absolute Gasteiger partial charge is 0.131 e. The van der Waals surface area contributed by atoms with Crippen molar-refractivity contribution in [2.45, 2.75) is 13.0 Å². The van der Waals surface area contributed by atoms with E-state index >= 15 is 0 Å². The Balaban J connectivity index is 2.56. The molecule has 1 N–H and O–H groups in total. The summed E-state index contributed by atoms with van der Waals surface area (Å²) < 4.78 is 27.8. The maximum Gasteiger partial charge on any atom is 0.131 e. The van der Waals surface area contributed by atoms with E-state index in [0.29, 0.717) is 5.02 Å². The molecular formula is C15H14ClF2N. The molecule has 2 aromatic carbocycles. The molecule has 0 radical (unpaired) electrons. The van der Waals surface area contributed by atoms with Crippen LogP contribution in [0.25, 0.3) is 0 Å². The zero-order valence-corrected chi connectivity index (χ0v) is 11.4. The largest absolute Gasteiger partial charge is 0.309 e. The van der Waals surface area contributed by atoms with Crippen molar-refractivity contribution >= 4 is 11.6 Å². The van der Waals surface area contributed by atoms with Gasteiger partial charge >= 0.3 is 0 Å². The zero-order valence-electron chi connectivity index (χ0n) is 10.7. The van der Waals surface area contributed by atoms with Gasteiger partial charge in [-0.1, -0.05) is 23.7 Å². The molecule has 0 aliphatic rings. The van der Waals surface area contributed by atoms with Gasteiger partial charge in [-0.25, -0.2) is 8.78 Å². The van der Waals surface area contributed by atoms with E-state index in [0.717, 1.165) is 11.1 Å². The third-order valence-corrected chi connectivity index (χ3v) is 3.36. The van der Waals surface area contributed by atoms with Crippen LogP contribution in [0.2, 0.25) is 5.02 Å². The lowest BCUT2D eigenvalue weighted by Gasteiger charge is -2.20. The van der Waals surface area contributed by atoms with Crippen LogP contribution in [0, 0.1) is 18.6 Å². The molecule has 0 bridgehead atoms. The van der Waals surface area contributed by atoms with Crippen LogP contribution in [0.3, 0.4) is 0 Å². The molecule has 100 valence electrons. The summed E-state index contributed by atoms with van der Waals surface area (Å²) in [6.07, 6.45) is 0. The monoisotopic (exact) mass is 281 g/mol. The molecular weight excluding hydrogens is 268 g/mol. The molecule has 2 aromatic rings. The van der Waals surface area contributed by atoms with E-state index in [1.54, 1.807) is 25.2 Å². The fraction of sp³-hybridized carbons (Fsp3) is 0.200. The molecule has 0 amide bonds. The first-order valence-corrected chi connectivity index (χ1v) is 6.29. The summed E-state index contributed by atoms with van der Waals surface area (Å²) >= 11 is 5.90. The average Bonchev–Trinajstić information content (AvgIpc) is 2.35. The molecule has 0 spiro atoms. The second-order valence-corrected chi connectivity index (χ2v) is 4.79. The van der Waals surface area contributed by atoms with Crippen LogP contribution in [-0.4, -0.2) is 7.05 Å². The summed E-state index contributed by atoms with van der Waals surface area (Å²) in [7, 11) is 1.67. The van der Waals surface area contributed by atoms with Crippen LogP contribution < -0.4 is 5.32 Å². The van der Waals surface area contributed by atoms with Crippen molar-refractivity contribution < 1.29 is 8.78 Å². The second kappa shape index (κ2) is 5.68. The second-order valence-electron chi connectivity index (χ2n) is 4.36. The summed E-state index contributed by atoms with van der Waals surface area (Å²) in [4.78, 5) is 0. The first-order valence-electron chi connectivity index (χ1n) is 5.92. The van der Waals surface area contributed by atoms with E-state index in [-0.39, 0.29) is 5.56 Å². The van der Waals surface area contributed by atoms with Crippen LogP contribution in [0.1, 0.15) is 22.7 Å². The van der Waals surface area contributed by atoms with Gasteiger partial charge in [0.05, 0.1) is 6.04 Å². The molecule has 0 saturated carbocycles. The number of benzene rings is 2. The van der Waals surface area contributed by atoms with Crippen LogP contribution in [-0.2, 0) is 0 Å². The number of halogens is 3. The molecule has 0 saturated heterocycles. The predicted molar refractivity (Wildman–Crippen MR) is 73.4 cm³/mol. The maximum absolute atomic E-state index is 13.9. The fourth-order valence-corrected chi connectivity index (χ4v) is 2.43. The summed E-state index contributed by atoms with van der Waals surface area (Å²) in [6, 6.07) is 8.61. The van der Waals surface area contributed by atoms with Gasteiger partial charge in [-0.15, -0.1) is 0 Å². The van der Waals surface area contributed by atoms with Gasteiger partial charge in [-0.3, -0.25) is 0 Å². The van der Waals surface area contributed by atoms with Crippen molar-refractivity contribution in [2.24, 2.45) is 0 Å². The Morgan fingerprint density at radius 1 is 1.11 bits per heavy atom. The van der Waals surface area contributed by atoms with Crippen molar-refractivity contribution in [1.29, 1.82) is 0 Å². The predicted octanol–water partition coefficient (Wildman–Crippen LogP) is 4.24. The molecule has 19 heavy (non-hydrogen) atoms. The lowest BCUT2D eigenvalue weighted by atomic mass is 9.94. The number of aryl methyl sites for hydroxylation is 1. The molecule has 0 aliphatic carbocycles. The Hall–Kier alpha value is -1.45. The SMILES string of the molecule is CNC(c1ccc(Cl)cc1C)c1c(F)cccc1F. The molecule has 0 fully saturated rings. The maximum atomic E-state index is 13.9. The Kier molecular flexibility index (Phi) is 4.17. The van der Waals surface area contributed by atoms with E-state index < -0.39 is 17.7 Å². The highest BCUT2D eigenvalue weighted by molar-refractivity contribution is 6.30. The third-order valence-electron chi connectivity index (χ3n) is 3.12. The Labute approximate surface area is 116 Å². The molecule has 1 unspecified atom stereocenters. The minimum absolute atomic E-state index is 0.0235. The van der Waals surface area contributed by atoms with Crippen molar-refractivity contribution in [3.8, 4) is 0 Å². The highest BCUT2D eigenvalue weighted by Gasteiger charge is 2.21. The normalized spacial score (nSPS) is 12.5. The first-order chi connectivity index (χ1) is 9.04. The van der Waals surface area contributed by atoms with Crippen LogP contribution in [0.15, 0.2) is 36.4 Å². The van der Waals surface area contributed by atoms with E-state index in [1.165, 1.54) is 18.2 Å². The van der Waals surface area contributed by atoms with E-state index in [9.17, 15) is 8.78 Å². The highest BCUT2D eigenvalue weighted by Crippen LogP contribution is 2.29. The quantitative estimate of drug-likeness (QED) is 0.887. The van der Waals surface area contributed by atoms with Crippen molar-refractivity contribution in [2.75, 3.05) is 7.05 Å². The number of hydrogen-bond donors (Lipinski definition) is 1. The summed E-state index contributed by atoms with van der Waals surface area (Å²) in [5.41, 5.74) is 1.71. The summed E-state index contributed by atoms with van der Waals surface area (Å²) in [5, 5.41) is 3.56. The standard InChI is InChI=1S/C15H14ClF2N/c1-9-8-10(16)6-7-11(9)15(19-2)14-12(17)4-3-5-13(14)18/h3-8,15,19H,1-2H3. The number of rotatable bonds is 3. The van der Waals surface area contributed by atoms with Crippen molar-refractivity contribution in [3.63, 3.8) is 0 Å². The molecule has 1 nitrogen and oxygen atoms in total. The van der Waals surface area contributed by atoms with Gasteiger partial charge in [0, 0.05) is 10.6 Å². The average molecular weight is 282 g/mol. The van der Waals surface area contributed by atoms with Crippen LogP contribution in [0.5, 0.6) is 0 Å². The van der Waals surface area contributed by atoms with Gasteiger partial charge in [0.15, 0.2) is 0 Å².